The minimum Gasteiger partial charge on any atom is -0.462 e. The summed E-state index contributed by atoms with van der Waals surface area (Å²) in [6, 6.07) is 0. The second-order valence-corrected chi connectivity index (χ2v) is 18.6. The molecule has 0 saturated carbocycles. The first-order valence-corrected chi connectivity index (χ1v) is 26.4. The Labute approximate surface area is 368 Å². The number of carbonyl (C=O) groups excluding carboxylic acids is 3. The summed E-state index contributed by atoms with van der Waals surface area (Å²) in [5.74, 6) is -0.0347. The van der Waals surface area contributed by atoms with Crippen molar-refractivity contribution in [1.82, 2.24) is 0 Å². The third-order valence-corrected chi connectivity index (χ3v) is 12.0. The van der Waals surface area contributed by atoms with Crippen molar-refractivity contribution < 1.29 is 28.6 Å². The topological polar surface area (TPSA) is 78.9 Å². The van der Waals surface area contributed by atoms with Gasteiger partial charge in [0.15, 0.2) is 6.10 Å². The van der Waals surface area contributed by atoms with Gasteiger partial charge in [0.1, 0.15) is 13.2 Å². The Kier molecular flexibility index (Phi) is 46.2. The van der Waals surface area contributed by atoms with E-state index in [-0.39, 0.29) is 31.1 Å². The van der Waals surface area contributed by atoms with E-state index < -0.39 is 6.10 Å². The maximum absolute atomic E-state index is 12.8. The number of ether oxygens (including phenoxy) is 3. The van der Waals surface area contributed by atoms with Crippen LogP contribution in [0, 0.1) is 5.92 Å². The van der Waals surface area contributed by atoms with Gasteiger partial charge in [0.25, 0.3) is 0 Å². The van der Waals surface area contributed by atoms with E-state index in [0.29, 0.717) is 19.3 Å². The molecule has 0 aromatic heterocycles. The molecule has 0 fully saturated rings. The predicted octanol–water partition coefficient (Wildman–Crippen LogP) is 17.1. The molecule has 0 aliphatic rings. The zero-order chi connectivity index (χ0) is 43.1. The molecule has 59 heavy (non-hydrogen) atoms. The van der Waals surface area contributed by atoms with Crippen LogP contribution in [-0.2, 0) is 28.6 Å². The molecule has 0 spiro atoms. The van der Waals surface area contributed by atoms with Gasteiger partial charge in [-0.05, 0) is 25.2 Å². The van der Waals surface area contributed by atoms with E-state index >= 15 is 0 Å². The maximum atomic E-state index is 12.8. The average molecular weight is 835 g/mol. The summed E-state index contributed by atoms with van der Waals surface area (Å²) in [5, 5.41) is 0. The van der Waals surface area contributed by atoms with Crippen molar-refractivity contribution in [2.24, 2.45) is 5.92 Å². The summed E-state index contributed by atoms with van der Waals surface area (Å²) in [6.45, 7) is 9.01. The van der Waals surface area contributed by atoms with Gasteiger partial charge in [-0.15, -0.1) is 0 Å². The number of carbonyl (C=O) groups is 3. The number of hydrogen-bond donors (Lipinski definition) is 0. The fraction of sp³-hybridized carbons (Fsp3) is 0.943. The average Bonchev–Trinajstić information content (AvgIpc) is 3.22. The Balaban J connectivity index is 4.31. The van der Waals surface area contributed by atoms with Crippen LogP contribution in [0.25, 0.3) is 0 Å². The highest BCUT2D eigenvalue weighted by molar-refractivity contribution is 5.71. The van der Waals surface area contributed by atoms with Gasteiger partial charge >= 0.3 is 17.9 Å². The normalized spacial score (nSPS) is 11.9. The molecule has 0 saturated heterocycles. The first kappa shape index (κ1) is 57.4. The smallest absolute Gasteiger partial charge is 0.306 e. The molecule has 0 unspecified atom stereocenters. The maximum Gasteiger partial charge on any atom is 0.306 e. The van der Waals surface area contributed by atoms with Gasteiger partial charge in [-0.25, -0.2) is 0 Å². The lowest BCUT2D eigenvalue weighted by Crippen LogP contribution is -2.30. The first-order valence-electron chi connectivity index (χ1n) is 26.4. The molecular weight excluding hydrogens is 733 g/mol. The van der Waals surface area contributed by atoms with Gasteiger partial charge in [-0.3, -0.25) is 14.4 Å². The van der Waals surface area contributed by atoms with Crippen molar-refractivity contribution in [3.05, 3.63) is 0 Å². The van der Waals surface area contributed by atoms with Crippen molar-refractivity contribution in [3.63, 3.8) is 0 Å². The van der Waals surface area contributed by atoms with Crippen molar-refractivity contribution in [2.45, 2.75) is 303 Å². The minimum atomic E-state index is -0.761. The van der Waals surface area contributed by atoms with E-state index in [4.69, 9.17) is 14.2 Å². The molecule has 1 atom stereocenters. The van der Waals surface area contributed by atoms with Crippen LogP contribution in [0.15, 0.2) is 0 Å². The van der Waals surface area contributed by atoms with Gasteiger partial charge in [-0.2, -0.15) is 0 Å². The van der Waals surface area contributed by atoms with Crippen LogP contribution in [-0.4, -0.2) is 37.2 Å². The van der Waals surface area contributed by atoms with Crippen LogP contribution < -0.4 is 0 Å². The first-order chi connectivity index (χ1) is 28.9. The summed E-state index contributed by atoms with van der Waals surface area (Å²) in [5.41, 5.74) is 0. The highest BCUT2D eigenvalue weighted by Gasteiger charge is 2.19. The molecule has 0 radical (unpaired) electrons. The van der Waals surface area contributed by atoms with Crippen LogP contribution in [0.4, 0.5) is 0 Å². The second-order valence-electron chi connectivity index (χ2n) is 18.6. The number of hydrogen-bond acceptors (Lipinski definition) is 6. The number of unbranched alkanes of at least 4 members (excludes halogenated alkanes) is 35. The quantitative estimate of drug-likeness (QED) is 0.0345. The van der Waals surface area contributed by atoms with Crippen molar-refractivity contribution in [2.75, 3.05) is 13.2 Å². The lowest BCUT2D eigenvalue weighted by Gasteiger charge is -2.18. The van der Waals surface area contributed by atoms with Crippen molar-refractivity contribution >= 4 is 17.9 Å². The van der Waals surface area contributed by atoms with Gasteiger partial charge in [0.05, 0.1) is 0 Å². The highest BCUT2D eigenvalue weighted by Crippen LogP contribution is 2.17. The lowest BCUT2D eigenvalue weighted by atomic mass is 10.0. The number of rotatable bonds is 48. The van der Waals surface area contributed by atoms with E-state index in [1.807, 2.05) is 0 Å². The lowest BCUT2D eigenvalue weighted by molar-refractivity contribution is -0.167. The van der Waals surface area contributed by atoms with E-state index in [0.717, 1.165) is 63.7 Å². The zero-order valence-corrected chi connectivity index (χ0v) is 40.2. The summed E-state index contributed by atoms with van der Waals surface area (Å²) >= 11 is 0. The molecule has 0 bridgehead atoms. The van der Waals surface area contributed by atoms with Gasteiger partial charge in [-0.1, -0.05) is 259 Å². The van der Waals surface area contributed by atoms with Crippen LogP contribution in [0.1, 0.15) is 297 Å². The monoisotopic (exact) mass is 835 g/mol. The third-order valence-electron chi connectivity index (χ3n) is 12.0. The Morgan fingerprint density at radius 2 is 0.559 bits per heavy atom. The van der Waals surface area contributed by atoms with Crippen molar-refractivity contribution in [3.8, 4) is 0 Å². The molecule has 0 aromatic rings. The standard InChI is InChI=1S/C53H102O6/c1-5-7-9-11-13-15-17-19-21-23-24-28-32-36-40-44-51(54)57-47-50(48-58-52(55)45-41-37-33-30-26-27-31-35-39-43-49(3)4)59-53(56)46-42-38-34-29-25-22-20-18-16-14-12-10-8-6-2/h49-50H,5-48H2,1-4H3/t50-/m0/s1. The van der Waals surface area contributed by atoms with Gasteiger partial charge in [0.2, 0.25) is 0 Å². The second kappa shape index (κ2) is 47.5. The Hall–Kier alpha value is -1.59. The molecule has 0 aliphatic carbocycles. The van der Waals surface area contributed by atoms with Crippen LogP contribution in [0.5, 0.6) is 0 Å². The molecule has 0 aliphatic heterocycles. The molecule has 0 heterocycles. The highest BCUT2D eigenvalue weighted by atomic mass is 16.6. The van der Waals surface area contributed by atoms with Crippen LogP contribution in [0.2, 0.25) is 0 Å². The molecule has 0 amide bonds. The SMILES string of the molecule is CCCCCCCCCCCCCCCCCC(=O)OC[C@@H](COC(=O)CCCCCCCCCCCC(C)C)OC(=O)CCCCCCCCCCCCCCCC. The van der Waals surface area contributed by atoms with Gasteiger partial charge < -0.3 is 14.2 Å². The van der Waals surface area contributed by atoms with E-state index in [2.05, 4.69) is 27.7 Å². The largest absolute Gasteiger partial charge is 0.462 e. The fourth-order valence-corrected chi connectivity index (χ4v) is 8.04. The predicted molar refractivity (Wildman–Crippen MR) is 252 cm³/mol. The Morgan fingerprint density at radius 3 is 0.831 bits per heavy atom. The molecular formula is C53H102O6. The summed E-state index contributed by atoms with van der Waals surface area (Å²) in [4.78, 5) is 37.9. The van der Waals surface area contributed by atoms with E-state index in [1.54, 1.807) is 0 Å². The zero-order valence-electron chi connectivity index (χ0n) is 40.2. The molecule has 0 aromatic carbocycles. The Bertz CT molecular complexity index is 887. The van der Waals surface area contributed by atoms with E-state index in [1.165, 1.54) is 193 Å². The molecule has 0 N–H and O–H groups in total. The third kappa shape index (κ3) is 47.3. The van der Waals surface area contributed by atoms with Crippen LogP contribution >= 0.6 is 0 Å². The molecule has 6 heteroatoms. The molecule has 350 valence electrons. The van der Waals surface area contributed by atoms with Crippen molar-refractivity contribution in [1.29, 1.82) is 0 Å². The molecule has 0 rings (SSSR count). The summed E-state index contributed by atoms with van der Waals surface area (Å²) in [7, 11) is 0. The summed E-state index contributed by atoms with van der Waals surface area (Å²) < 4.78 is 16.8. The number of esters is 3. The molecule has 6 nitrogen and oxygen atoms in total. The minimum absolute atomic E-state index is 0.0627. The van der Waals surface area contributed by atoms with E-state index in [9.17, 15) is 14.4 Å². The van der Waals surface area contributed by atoms with Gasteiger partial charge in [0, 0.05) is 19.3 Å². The summed E-state index contributed by atoms with van der Waals surface area (Å²) in [6.07, 6.45) is 49.4. The van der Waals surface area contributed by atoms with Crippen LogP contribution in [0.3, 0.4) is 0 Å². The Morgan fingerprint density at radius 1 is 0.322 bits per heavy atom. The fourth-order valence-electron chi connectivity index (χ4n) is 8.04.